The fourth-order valence-electron chi connectivity index (χ4n) is 1.87. The second-order valence-corrected chi connectivity index (χ2v) is 6.97. The maximum Gasteiger partial charge on any atom is 0.129 e. The third-order valence-corrected chi connectivity index (χ3v) is 4.04. The average Bonchev–Trinajstić information content (AvgIpc) is 2.35. The van der Waals surface area contributed by atoms with Gasteiger partial charge in [0, 0.05) is 30.1 Å². The highest BCUT2D eigenvalue weighted by atomic mass is 35.5. The predicted molar refractivity (Wildman–Crippen MR) is 85.2 cm³/mol. The van der Waals surface area contributed by atoms with Crippen LogP contribution in [-0.2, 0) is 11.3 Å². The van der Waals surface area contributed by atoms with Crippen molar-refractivity contribution in [3.8, 4) is 0 Å². The van der Waals surface area contributed by atoms with Crippen LogP contribution >= 0.6 is 11.6 Å². The standard InChI is InChI=1S/C16H27ClN2/c1-11(2)12(3)19(7)15-9-13(10-17)8-14(18-15)16(4,5)6/h8-9,11-12H,10H2,1-7H3. The number of alkyl halides is 1. The van der Waals surface area contributed by atoms with Gasteiger partial charge in [-0.1, -0.05) is 34.6 Å². The van der Waals surface area contributed by atoms with Crippen molar-refractivity contribution < 1.29 is 0 Å². The Kier molecular flexibility index (Phi) is 5.26. The second kappa shape index (κ2) is 6.13. The minimum Gasteiger partial charge on any atom is -0.357 e. The molecular weight excluding hydrogens is 256 g/mol. The van der Waals surface area contributed by atoms with Crippen LogP contribution in [0.1, 0.15) is 52.8 Å². The molecule has 0 amide bonds. The first kappa shape index (κ1) is 16.3. The van der Waals surface area contributed by atoms with Crippen LogP contribution in [0.15, 0.2) is 12.1 Å². The third kappa shape index (κ3) is 4.10. The van der Waals surface area contributed by atoms with Gasteiger partial charge in [0.05, 0.1) is 0 Å². The fraction of sp³-hybridized carbons (Fsp3) is 0.688. The van der Waals surface area contributed by atoms with Crippen molar-refractivity contribution in [3.05, 3.63) is 23.4 Å². The molecule has 0 radical (unpaired) electrons. The van der Waals surface area contributed by atoms with Crippen LogP contribution in [-0.4, -0.2) is 18.1 Å². The molecule has 1 aromatic rings. The summed E-state index contributed by atoms with van der Waals surface area (Å²) >= 11 is 6.02. The Hall–Kier alpha value is -0.760. The molecule has 0 saturated heterocycles. The van der Waals surface area contributed by atoms with E-state index < -0.39 is 0 Å². The van der Waals surface area contributed by atoms with E-state index in [1.807, 2.05) is 0 Å². The number of hydrogen-bond donors (Lipinski definition) is 0. The van der Waals surface area contributed by atoms with Crippen molar-refractivity contribution in [1.29, 1.82) is 0 Å². The van der Waals surface area contributed by atoms with Crippen LogP contribution < -0.4 is 4.90 Å². The Morgan fingerprint density at radius 2 is 1.79 bits per heavy atom. The van der Waals surface area contributed by atoms with Gasteiger partial charge in [-0.2, -0.15) is 0 Å². The first-order valence-corrected chi connectivity index (χ1v) is 7.50. The van der Waals surface area contributed by atoms with Crippen LogP contribution in [0.5, 0.6) is 0 Å². The van der Waals surface area contributed by atoms with Crippen LogP contribution in [0, 0.1) is 5.92 Å². The lowest BCUT2D eigenvalue weighted by molar-refractivity contribution is 0.499. The molecule has 0 fully saturated rings. The van der Waals surface area contributed by atoms with Gasteiger partial charge in [0.15, 0.2) is 0 Å². The van der Waals surface area contributed by atoms with Crippen LogP contribution in [0.25, 0.3) is 0 Å². The summed E-state index contributed by atoms with van der Waals surface area (Å²) in [6.45, 7) is 13.2. The van der Waals surface area contributed by atoms with Crippen LogP contribution in [0.3, 0.4) is 0 Å². The SMILES string of the molecule is CC(C)C(C)N(C)c1cc(CCl)cc(C(C)(C)C)n1. The Bertz CT molecular complexity index is 421. The molecule has 19 heavy (non-hydrogen) atoms. The molecule has 0 aromatic carbocycles. The van der Waals surface area contributed by atoms with Crippen molar-refractivity contribution in [2.75, 3.05) is 11.9 Å². The van der Waals surface area contributed by atoms with E-state index in [4.69, 9.17) is 16.6 Å². The largest absolute Gasteiger partial charge is 0.357 e. The van der Waals surface area contributed by atoms with E-state index in [1.165, 1.54) is 0 Å². The summed E-state index contributed by atoms with van der Waals surface area (Å²) in [6.07, 6.45) is 0. The number of pyridine rings is 1. The summed E-state index contributed by atoms with van der Waals surface area (Å²) in [5, 5.41) is 0. The van der Waals surface area contributed by atoms with Gasteiger partial charge in [0.1, 0.15) is 5.82 Å². The minimum absolute atomic E-state index is 0.0404. The lowest BCUT2D eigenvalue weighted by Crippen LogP contribution is -2.34. The van der Waals surface area contributed by atoms with Gasteiger partial charge in [0.25, 0.3) is 0 Å². The lowest BCUT2D eigenvalue weighted by atomic mass is 9.91. The summed E-state index contributed by atoms with van der Waals surface area (Å²) in [6, 6.07) is 4.66. The molecule has 1 aromatic heterocycles. The van der Waals surface area contributed by atoms with Gasteiger partial charge in [-0.25, -0.2) is 4.98 Å². The van der Waals surface area contributed by atoms with E-state index in [0.29, 0.717) is 17.8 Å². The van der Waals surface area contributed by atoms with Crippen LogP contribution in [0.4, 0.5) is 5.82 Å². The molecule has 0 saturated carbocycles. The topological polar surface area (TPSA) is 16.1 Å². The Labute approximate surface area is 123 Å². The maximum absolute atomic E-state index is 6.02. The van der Waals surface area contributed by atoms with Crippen molar-refractivity contribution in [1.82, 2.24) is 4.98 Å². The first-order valence-electron chi connectivity index (χ1n) is 6.97. The van der Waals surface area contributed by atoms with E-state index >= 15 is 0 Å². The highest BCUT2D eigenvalue weighted by molar-refractivity contribution is 6.17. The zero-order chi connectivity index (χ0) is 14.8. The van der Waals surface area contributed by atoms with E-state index in [2.05, 4.69) is 65.6 Å². The maximum atomic E-state index is 6.02. The third-order valence-electron chi connectivity index (χ3n) is 3.73. The van der Waals surface area contributed by atoms with Crippen LogP contribution in [0.2, 0.25) is 0 Å². The van der Waals surface area contributed by atoms with E-state index in [1.54, 1.807) is 0 Å². The average molecular weight is 283 g/mol. The van der Waals surface area contributed by atoms with E-state index in [0.717, 1.165) is 17.1 Å². The van der Waals surface area contributed by atoms with Crippen molar-refractivity contribution in [2.45, 2.75) is 58.9 Å². The van der Waals surface area contributed by atoms with Gasteiger partial charge in [0.2, 0.25) is 0 Å². The number of hydrogen-bond acceptors (Lipinski definition) is 2. The first-order chi connectivity index (χ1) is 8.66. The number of nitrogens with zero attached hydrogens (tertiary/aromatic N) is 2. The summed E-state index contributed by atoms with van der Waals surface area (Å²) in [5.74, 6) is 2.14. The zero-order valence-electron chi connectivity index (χ0n) is 13.3. The zero-order valence-corrected chi connectivity index (χ0v) is 14.0. The Morgan fingerprint density at radius 1 is 1.21 bits per heavy atom. The van der Waals surface area contributed by atoms with Crippen molar-refractivity contribution in [3.63, 3.8) is 0 Å². The summed E-state index contributed by atoms with van der Waals surface area (Å²) in [4.78, 5) is 7.07. The monoisotopic (exact) mass is 282 g/mol. The van der Waals surface area contributed by atoms with E-state index in [9.17, 15) is 0 Å². The molecule has 1 unspecified atom stereocenters. The summed E-state index contributed by atoms with van der Waals surface area (Å²) in [7, 11) is 2.11. The molecule has 1 atom stereocenters. The van der Waals surface area contributed by atoms with Crippen molar-refractivity contribution >= 4 is 17.4 Å². The molecule has 0 bridgehead atoms. The summed E-state index contributed by atoms with van der Waals surface area (Å²) < 4.78 is 0. The molecule has 3 heteroatoms. The molecule has 0 aliphatic carbocycles. The highest BCUT2D eigenvalue weighted by Crippen LogP contribution is 2.26. The second-order valence-electron chi connectivity index (χ2n) is 6.70. The minimum atomic E-state index is 0.0404. The predicted octanol–water partition coefficient (Wildman–Crippen LogP) is 4.60. The summed E-state index contributed by atoms with van der Waals surface area (Å²) in [5.41, 5.74) is 2.28. The fourth-order valence-corrected chi connectivity index (χ4v) is 2.02. The molecule has 2 nitrogen and oxygen atoms in total. The van der Waals surface area contributed by atoms with Gasteiger partial charge < -0.3 is 4.90 Å². The highest BCUT2D eigenvalue weighted by Gasteiger charge is 2.20. The molecule has 0 spiro atoms. The van der Waals surface area contributed by atoms with Gasteiger partial charge in [-0.05, 0) is 30.5 Å². The number of rotatable bonds is 4. The molecule has 0 N–H and O–H groups in total. The van der Waals surface area contributed by atoms with Gasteiger partial charge in [-0.15, -0.1) is 11.6 Å². The van der Waals surface area contributed by atoms with Crippen molar-refractivity contribution in [2.24, 2.45) is 5.92 Å². The molecule has 1 rings (SSSR count). The van der Waals surface area contributed by atoms with E-state index in [-0.39, 0.29) is 5.41 Å². The van der Waals surface area contributed by atoms with Gasteiger partial charge in [-0.3, -0.25) is 0 Å². The molecule has 108 valence electrons. The number of anilines is 1. The molecule has 0 aliphatic heterocycles. The lowest BCUT2D eigenvalue weighted by Gasteiger charge is -2.30. The smallest absolute Gasteiger partial charge is 0.129 e. The number of aromatic nitrogens is 1. The molecule has 1 heterocycles. The normalized spacial score (nSPS) is 13.7. The molecular formula is C16H27ClN2. The Morgan fingerprint density at radius 3 is 2.21 bits per heavy atom. The Balaban J connectivity index is 3.20. The van der Waals surface area contributed by atoms with Gasteiger partial charge >= 0.3 is 0 Å². The quantitative estimate of drug-likeness (QED) is 0.751. The number of halogens is 1. The molecule has 0 aliphatic rings.